The van der Waals surface area contributed by atoms with Gasteiger partial charge in [0, 0.05) is 38.2 Å². The number of hydrogen-bond donors (Lipinski definition) is 0. The summed E-state index contributed by atoms with van der Waals surface area (Å²) in [5.41, 5.74) is 2.88. The fourth-order valence-corrected chi connectivity index (χ4v) is 5.33. The molecule has 4 rings (SSSR count). The fourth-order valence-electron chi connectivity index (χ4n) is 4.20. The molecule has 4 N–H and O–H groups in total. The molecular weight excluding hydrogens is 432 g/mol. The minimum Gasteiger partial charge on any atom is -0.622 e. The molecular formula is C23H30N2O6S. The van der Waals surface area contributed by atoms with Crippen molar-refractivity contribution in [3.63, 3.8) is 0 Å². The number of hydroxylamine groups is 2. The van der Waals surface area contributed by atoms with E-state index in [2.05, 4.69) is 4.90 Å². The van der Waals surface area contributed by atoms with Gasteiger partial charge in [0.05, 0.1) is 18.2 Å². The number of ether oxygens (including phenoxy) is 1. The number of carbonyl (C=O) groups is 1. The first-order chi connectivity index (χ1) is 14.4. The number of carbonyl (C=O) groups excluding carboxylic acids is 1. The van der Waals surface area contributed by atoms with Crippen molar-refractivity contribution in [1.29, 1.82) is 0 Å². The molecule has 0 spiro atoms. The molecule has 2 heterocycles. The SMILES string of the molecule is COc1ccc(C(=O)C2=C(C)[N+]([O-])(CCN3CC[S+]([O-])CC3)c3ccccc32)cc1.O.O. The largest absolute Gasteiger partial charge is 0.622 e. The minimum atomic E-state index is -0.744. The van der Waals surface area contributed by atoms with E-state index in [0.717, 1.165) is 13.1 Å². The second kappa shape index (κ2) is 10.6. The van der Waals surface area contributed by atoms with Crippen LogP contribution in [0.4, 0.5) is 5.69 Å². The Hall–Kier alpha value is -2.24. The maximum absolute atomic E-state index is 14.0. The van der Waals surface area contributed by atoms with Gasteiger partial charge in [0.25, 0.3) is 0 Å². The van der Waals surface area contributed by atoms with E-state index < -0.39 is 15.8 Å². The van der Waals surface area contributed by atoms with Crippen LogP contribution < -0.4 is 9.38 Å². The van der Waals surface area contributed by atoms with Crippen LogP contribution in [-0.4, -0.2) is 71.0 Å². The Bertz CT molecular complexity index is 973. The van der Waals surface area contributed by atoms with Crippen LogP contribution in [0, 0.1) is 5.21 Å². The van der Waals surface area contributed by atoms with Crippen molar-refractivity contribution in [3.8, 4) is 5.75 Å². The number of para-hydroxylation sites is 1. The zero-order valence-corrected chi connectivity index (χ0v) is 19.1. The van der Waals surface area contributed by atoms with Crippen molar-refractivity contribution < 1.29 is 25.0 Å². The van der Waals surface area contributed by atoms with Gasteiger partial charge in [-0.05, 0) is 30.3 Å². The molecule has 0 amide bonds. The molecule has 8 nitrogen and oxygen atoms in total. The molecule has 32 heavy (non-hydrogen) atoms. The van der Waals surface area contributed by atoms with E-state index in [0.29, 0.717) is 58.4 Å². The molecule has 1 saturated heterocycles. The Morgan fingerprint density at radius 1 is 1.09 bits per heavy atom. The Kier molecular flexibility index (Phi) is 8.60. The summed E-state index contributed by atoms with van der Waals surface area (Å²) in [6.07, 6.45) is 0. The second-order valence-electron chi connectivity index (χ2n) is 7.69. The number of rotatable bonds is 6. The van der Waals surface area contributed by atoms with Crippen LogP contribution in [0.5, 0.6) is 5.75 Å². The van der Waals surface area contributed by atoms with E-state index in [9.17, 15) is 14.6 Å². The quantitative estimate of drug-likeness (QED) is 0.277. The molecule has 2 aliphatic heterocycles. The van der Waals surface area contributed by atoms with E-state index in [-0.39, 0.29) is 16.7 Å². The number of ketones is 1. The molecule has 174 valence electrons. The van der Waals surface area contributed by atoms with Crippen LogP contribution in [0.3, 0.4) is 0 Å². The highest BCUT2D eigenvalue weighted by Crippen LogP contribution is 2.45. The molecule has 0 radical (unpaired) electrons. The third-order valence-electron chi connectivity index (χ3n) is 6.05. The molecule has 2 aromatic rings. The lowest BCUT2D eigenvalue weighted by molar-refractivity contribution is 0.105. The Labute approximate surface area is 191 Å². The molecule has 0 saturated carbocycles. The molecule has 0 aliphatic carbocycles. The van der Waals surface area contributed by atoms with Gasteiger partial charge in [0.1, 0.15) is 35.2 Å². The van der Waals surface area contributed by atoms with Gasteiger partial charge in [-0.2, -0.15) is 0 Å². The number of hydrogen-bond acceptors (Lipinski definition) is 5. The standard InChI is InChI=1S/C23H26N2O4S.2H2O/c1-17-22(23(26)18-7-9-19(29-2)10-8-18)20-5-3-4-6-21(20)25(17,27)14-11-24-12-15-30(28)16-13-24;;/h3-10H,11-16H2,1-2H3;2*1H2. The van der Waals surface area contributed by atoms with Crippen molar-refractivity contribution in [2.24, 2.45) is 0 Å². The smallest absolute Gasteiger partial charge is 0.199 e. The van der Waals surface area contributed by atoms with Crippen molar-refractivity contribution in [2.45, 2.75) is 6.92 Å². The van der Waals surface area contributed by atoms with Gasteiger partial charge in [0.15, 0.2) is 5.78 Å². The lowest BCUT2D eigenvalue weighted by Gasteiger charge is -2.41. The number of quaternary nitrogens is 1. The van der Waals surface area contributed by atoms with Gasteiger partial charge >= 0.3 is 0 Å². The Balaban J connectivity index is 0.00000181. The first-order valence-corrected chi connectivity index (χ1v) is 11.6. The maximum atomic E-state index is 14.0. The first-order valence-electron chi connectivity index (χ1n) is 10.1. The Morgan fingerprint density at radius 2 is 1.72 bits per heavy atom. The van der Waals surface area contributed by atoms with Gasteiger partial charge in [-0.3, -0.25) is 14.3 Å². The van der Waals surface area contributed by atoms with E-state index in [1.165, 1.54) is 0 Å². The first kappa shape index (κ1) is 26.0. The highest BCUT2D eigenvalue weighted by atomic mass is 32.2. The number of benzene rings is 2. The fraction of sp³-hybridized carbons (Fsp3) is 0.348. The molecule has 2 aromatic carbocycles. The molecule has 0 aromatic heterocycles. The lowest BCUT2D eigenvalue weighted by Crippen LogP contribution is -2.49. The van der Waals surface area contributed by atoms with Crippen molar-refractivity contribution in [3.05, 3.63) is 70.6 Å². The van der Waals surface area contributed by atoms with Crippen LogP contribution in [0.25, 0.3) is 5.57 Å². The topological polar surface area (TPSA) is 139 Å². The molecule has 1 atom stereocenters. The van der Waals surface area contributed by atoms with Gasteiger partial charge in [0.2, 0.25) is 0 Å². The third-order valence-corrected chi connectivity index (χ3v) is 7.32. The van der Waals surface area contributed by atoms with E-state index in [1.54, 1.807) is 38.3 Å². The summed E-state index contributed by atoms with van der Waals surface area (Å²) < 4.78 is 16.2. The number of methoxy groups -OCH3 is 1. The predicted molar refractivity (Wildman–Crippen MR) is 128 cm³/mol. The van der Waals surface area contributed by atoms with Crippen molar-refractivity contribution >= 4 is 28.2 Å². The summed E-state index contributed by atoms with van der Waals surface area (Å²) >= 11 is -0.744. The van der Waals surface area contributed by atoms with Gasteiger partial charge in [-0.1, -0.05) is 23.3 Å². The number of nitrogens with zero attached hydrogens (tertiary/aromatic N) is 2. The van der Waals surface area contributed by atoms with Crippen LogP contribution >= 0.6 is 0 Å². The van der Waals surface area contributed by atoms with Gasteiger partial charge < -0.3 is 25.4 Å². The normalized spacial score (nSPS) is 20.9. The molecule has 9 heteroatoms. The molecule has 1 unspecified atom stereocenters. The van der Waals surface area contributed by atoms with Crippen molar-refractivity contribution in [2.75, 3.05) is 44.8 Å². The summed E-state index contributed by atoms with van der Waals surface area (Å²) in [4.78, 5) is 15.6. The molecule has 2 aliphatic rings. The Morgan fingerprint density at radius 3 is 2.34 bits per heavy atom. The summed E-state index contributed by atoms with van der Waals surface area (Å²) in [6.45, 7) is 4.20. The maximum Gasteiger partial charge on any atom is 0.199 e. The third kappa shape index (κ3) is 4.74. The summed E-state index contributed by atoms with van der Waals surface area (Å²) in [5, 5.41) is 14.0. The summed E-state index contributed by atoms with van der Waals surface area (Å²) in [6, 6.07) is 14.4. The van der Waals surface area contributed by atoms with Gasteiger partial charge in [-0.15, -0.1) is 0 Å². The van der Waals surface area contributed by atoms with E-state index in [1.807, 2.05) is 24.3 Å². The highest BCUT2D eigenvalue weighted by Gasteiger charge is 2.40. The molecule has 0 bridgehead atoms. The average Bonchev–Trinajstić information content (AvgIpc) is 3.00. The van der Waals surface area contributed by atoms with E-state index in [4.69, 9.17) is 4.74 Å². The van der Waals surface area contributed by atoms with Crippen LogP contribution in [0.1, 0.15) is 22.8 Å². The second-order valence-corrected chi connectivity index (χ2v) is 9.38. The van der Waals surface area contributed by atoms with E-state index >= 15 is 0 Å². The zero-order valence-electron chi connectivity index (χ0n) is 18.3. The number of allylic oxidation sites excluding steroid dienone is 2. The lowest BCUT2D eigenvalue weighted by atomic mass is 9.96. The van der Waals surface area contributed by atoms with Crippen LogP contribution in [-0.2, 0) is 11.2 Å². The summed E-state index contributed by atoms with van der Waals surface area (Å²) in [5.74, 6) is 1.85. The zero-order chi connectivity index (χ0) is 21.3. The predicted octanol–water partition coefficient (Wildman–Crippen LogP) is 1.54. The molecule has 1 fully saturated rings. The van der Waals surface area contributed by atoms with Crippen molar-refractivity contribution in [1.82, 2.24) is 9.55 Å². The van der Waals surface area contributed by atoms with Crippen LogP contribution in [0.15, 0.2) is 54.2 Å². The minimum absolute atomic E-state index is 0. The monoisotopic (exact) mass is 462 g/mol. The number of Topliss-reactive ketones (excluding diaryl/α,β-unsaturated/α-hetero) is 1. The summed E-state index contributed by atoms with van der Waals surface area (Å²) in [7, 11) is 1.58. The van der Waals surface area contributed by atoms with Gasteiger partial charge in [-0.25, -0.2) is 0 Å². The number of fused-ring (bicyclic) bond motifs is 1. The highest BCUT2D eigenvalue weighted by molar-refractivity contribution is 7.91. The van der Waals surface area contributed by atoms with Crippen LogP contribution in [0.2, 0.25) is 0 Å². The average molecular weight is 463 g/mol.